The van der Waals surface area contributed by atoms with Crippen LogP contribution in [0.25, 0.3) is 22.2 Å². The molecule has 0 aliphatic rings. The summed E-state index contributed by atoms with van der Waals surface area (Å²) >= 11 is 0. The minimum atomic E-state index is -0.507. The van der Waals surface area contributed by atoms with Crippen LogP contribution in [0.2, 0.25) is 0 Å². The Bertz CT molecular complexity index is 790. The fourth-order valence-corrected chi connectivity index (χ4v) is 1.89. The summed E-state index contributed by atoms with van der Waals surface area (Å²) in [6.45, 7) is 0. The van der Waals surface area contributed by atoms with Gasteiger partial charge in [0.15, 0.2) is 0 Å². The molecule has 0 atom stereocenters. The Kier molecular flexibility index (Phi) is 2.22. The Labute approximate surface area is 101 Å². The molecule has 0 amide bonds. The molecule has 0 aliphatic carbocycles. The first-order valence-corrected chi connectivity index (χ1v) is 5.32. The van der Waals surface area contributed by atoms with Crippen LogP contribution in [0.15, 0.2) is 35.4 Å². The summed E-state index contributed by atoms with van der Waals surface area (Å²) in [5, 5.41) is 4.72. The van der Waals surface area contributed by atoms with E-state index in [1.807, 2.05) is 0 Å². The number of H-pyrrole nitrogens is 1. The first-order valence-electron chi connectivity index (χ1n) is 5.32. The number of benzene rings is 1. The summed E-state index contributed by atoms with van der Waals surface area (Å²) in [6.07, 6.45) is 3.37. The molecule has 2 heterocycles. The van der Waals surface area contributed by atoms with Crippen LogP contribution in [-0.2, 0) is 7.05 Å². The standard InChI is InChI=1S/C12H9FN4O/c1-17-6-7(5-14-17)11-9-3-2-8(13)4-10(9)15-12(18)16-11/h2-6H,1H3,(H,15,16,18). The van der Waals surface area contributed by atoms with E-state index in [-0.39, 0.29) is 0 Å². The largest absolute Gasteiger partial charge is 0.345 e. The van der Waals surface area contributed by atoms with Crippen LogP contribution in [0.5, 0.6) is 0 Å². The van der Waals surface area contributed by atoms with Gasteiger partial charge in [0.05, 0.1) is 17.4 Å². The third kappa shape index (κ3) is 1.67. The van der Waals surface area contributed by atoms with E-state index >= 15 is 0 Å². The van der Waals surface area contributed by atoms with Crippen molar-refractivity contribution >= 4 is 10.9 Å². The third-order valence-electron chi connectivity index (χ3n) is 2.67. The summed E-state index contributed by atoms with van der Waals surface area (Å²) in [7, 11) is 1.78. The van der Waals surface area contributed by atoms with Crippen molar-refractivity contribution in [2.75, 3.05) is 0 Å². The van der Waals surface area contributed by atoms with Gasteiger partial charge in [-0.25, -0.2) is 9.18 Å². The lowest BCUT2D eigenvalue weighted by Crippen LogP contribution is -2.11. The molecule has 5 nitrogen and oxygen atoms in total. The predicted molar refractivity (Wildman–Crippen MR) is 64.5 cm³/mol. The molecule has 90 valence electrons. The van der Waals surface area contributed by atoms with Gasteiger partial charge in [-0.2, -0.15) is 10.1 Å². The normalized spacial score (nSPS) is 11.0. The van der Waals surface area contributed by atoms with Crippen LogP contribution >= 0.6 is 0 Å². The minimum Gasteiger partial charge on any atom is -0.305 e. The molecule has 3 aromatic rings. The van der Waals surface area contributed by atoms with Crippen molar-refractivity contribution in [1.82, 2.24) is 19.7 Å². The van der Waals surface area contributed by atoms with Gasteiger partial charge in [-0.15, -0.1) is 0 Å². The number of fused-ring (bicyclic) bond motifs is 1. The molecule has 1 N–H and O–H groups in total. The van der Waals surface area contributed by atoms with Crippen molar-refractivity contribution in [3.8, 4) is 11.3 Å². The maximum Gasteiger partial charge on any atom is 0.345 e. The van der Waals surface area contributed by atoms with Gasteiger partial charge >= 0.3 is 5.69 Å². The van der Waals surface area contributed by atoms with Gasteiger partial charge in [-0.3, -0.25) is 4.68 Å². The fraction of sp³-hybridized carbons (Fsp3) is 0.0833. The van der Waals surface area contributed by atoms with Crippen LogP contribution < -0.4 is 5.69 Å². The van der Waals surface area contributed by atoms with Crippen molar-refractivity contribution in [3.63, 3.8) is 0 Å². The Hall–Kier alpha value is -2.50. The summed E-state index contributed by atoms with van der Waals surface area (Å²) in [5.74, 6) is -0.401. The van der Waals surface area contributed by atoms with Crippen LogP contribution in [0.4, 0.5) is 4.39 Å². The summed E-state index contributed by atoms with van der Waals surface area (Å²) < 4.78 is 14.8. The number of hydrogen-bond donors (Lipinski definition) is 1. The molecule has 0 saturated carbocycles. The number of nitrogens with zero attached hydrogens (tertiary/aromatic N) is 3. The van der Waals surface area contributed by atoms with Gasteiger partial charge in [0.2, 0.25) is 0 Å². The number of nitrogens with one attached hydrogen (secondary N) is 1. The second-order valence-corrected chi connectivity index (χ2v) is 3.98. The first-order chi connectivity index (χ1) is 8.63. The Balaban J connectivity index is 2.38. The number of aromatic amines is 1. The number of aromatic nitrogens is 4. The van der Waals surface area contributed by atoms with E-state index in [2.05, 4.69) is 15.1 Å². The van der Waals surface area contributed by atoms with Crippen molar-refractivity contribution < 1.29 is 4.39 Å². The molecular weight excluding hydrogens is 235 g/mol. The van der Waals surface area contributed by atoms with E-state index in [0.29, 0.717) is 16.6 Å². The van der Waals surface area contributed by atoms with E-state index in [1.54, 1.807) is 30.2 Å². The Morgan fingerprint density at radius 3 is 2.94 bits per heavy atom. The molecule has 0 aliphatic heterocycles. The first kappa shape index (κ1) is 10.6. The monoisotopic (exact) mass is 244 g/mol. The van der Waals surface area contributed by atoms with Crippen molar-refractivity contribution in [1.29, 1.82) is 0 Å². The molecule has 0 unspecified atom stereocenters. The molecule has 1 aromatic carbocycles. The zero-order valence-corrected chi connectivity index (χ0v) is 9.51. The molecule has 0 saturated heterocycles. The van der Waals surface area contributed by atoms with Crippen molar-refractivity contribution in [2.45, 2.75) is 0 Å². The summed E-state index contributed by atoms with van der Waals surface area (Å²) in [4.78, 5) is 17.9. The number of aryl methyl sites for hydroxylation is 1. The van der Waals surface area contributed by atoms with E-state index in [9.17, 15) is 9.18 Å². The van der Waals surface area contributed by atoms with E-state index in [1.165, 1.54) is 12.1 Å². The van der Waals surface area contributed by atoms with Crippen LogP contribution in [0.3, 0.4) is 0 Å². The molecule has 0 radical (unpaired) electrons. The minimum absolute atomic E-state index is 0.401. The fourth-order valence-electron chi connectivity index (χ4n) is 1.89. The zero-order chi connectivity index (χ0) is 12.7. The molecular formula is C12H9FN4O. The molecule has 0 spiro atoms. The third-order valence-corrected chi connectivity index (χ3v) is 2.67. The Morgan fingerprint density at radius 1 is 1.39 bits per heavy atom. The lowest BCUT2D eigenvalue weighted by atomic mass is 10.1. The topological polar surface area (TPSA) is 63.6 Å². The highest BCUT2D eigenvalue weighted by molar-refractivity contribution is 5.91. The van der Waals surface area contributed by atoms with E-state index in [0.717, 1.165) is 5.56 Å². The molecule has 0 fully saturated rings. The predicted octanol–water partition coefficient (Wildman–Crippen LogP) is 1.46. The second kappa shape index (κ2) is 3.76. The van der Waals surface area contributed by atoms with Gasteiger partial charge in [-0.1, -0.05) is 0 Å². The highest BCUT2D eigenvalue weighted by Gasteiger charge is 2.09. The summed E-state index contributed by atoms with van der Waals surface area (Å²) in [6, 6.07) is 4.20. The Morgan fingerprint density at radius 2 is 2.22 bits per heavy atom. The number of halogens is 1. The van der Waals surface area contributed by atoms with Crippen LogP contribution in [0, 0.1) is 5.82 Å². The average molecular weight is 244 g/mol. The van der Waals surface area contributed by atoms with Gasteiger partial charge in [0.25, 0.3) is 0 Å². The number of hydrogen-bond acceptors (Lipinski definition) is 3. The average Bonchev–Trinajstić information content (AvgIpc) is 2.74. The van der Waals surface area contributed by atoms with Gasteiger partial charge in [0.1, 0.15) is 5.82 Å². The van der Waals surface area contributed by atoms with Crippen LogP contribution in [-0.4, -0.2) is 19.7 Å². The highest BCUT2D eigenvalue weighted by Crippen LogP contribution is 2.23. The van der Waals surface area contributed by atoms with Gasteiger partial charge < -0.3 is 4.98 Å². The lowest BCUT2D eigenvalue weighted by molar-refractivity contribution is 0.629. The molecule has 6 heteroatoms. The van der Waals surface area contributed by atoms with Crippen LogP contribution in [0.1, 0.15) is 0 Å². The van der Waals surface area contributed by atoms with E-state index in [4.69, 9.17) is 0 Å². The van der Waals surface area contributed by atoms with Crippen molar-refractivity contribution in [2.24, 2.45) is 7.05 Å². The smallest absolute Gasteiger partial charge is 0.305 e. The SMILES string of the molecule is Cn1cc(-c2nc(=O)[nH]c3cc(F)ccc23)cn1. The lowest BCUT2D eigenvalue weighted by Gasteiger charge is -2.02. The maximum atomic E-state index is 13.1. The molecule has 2 aromatic heterocycles. The van der Waals surface area contributed by atoms with E-state index < -0.39 is 11.5 Å². The molecule has 3 rings (SSSR count). The zero-order valence-electron chi connectivity index (χ0n) is 9.51. The highest BCUT2D eigenvalue weighted by atomic mass is 19.1. The number of rotatable bonds is 1. The second-order valence-electron chi connectivity index (χ2n) is 3.98. The quantitative estimate of drug-likeness (QED) is 0.704. The van der Waals surface area contributed by atoms with Gasteiger partial charge in [-0.05, 0) is 18.2 Å². The maximum absolute atomic E-state index is 13.1. The molecule has 18 heavy (non-hydrogen) atoms. The van der Waals surface area contributed by atoms with Gasteiger partial charge in [0, 0.05) is 24.2 Å². The molecule has 0 bridgehead atoms. The summed E-state index contributed by atoms with van der Waals surface area (Å²) in [5.41, 5.74) is 1.14. The van der Waals surface area contributed by atoms with Crippen molar-refractivity contribution in [3.05, 3.63) is 46.9 Å².